The zero-order chi connectivity index (χ0) is 20.5. The summed E-state index contributed by atoms with van der Waals surface area (Å²) in [6, 6.07) is 14.3. The van der Waals surface area contributed by atoms with Gasteiger partial charge in [0.15, 0.2) is 5.11 Å². The van der Waals surface area contributed by atoms with Gasteiger partial charge >= 0.3 is 5.97 Å². The lowest BCUT2D eigenvalue weighted by Gasteiger charge is -2.25. The molecule has 0 aliphatic carbocycles. The predicted molar refractivity (Wildman–Crippen MR) is 116 cm³/mol. The van der Waals surface area contributed by atoms with Crippen LogP contribution in [0.2, 0.25) is 0 Å². The highest BCUT2D eigenvalue weighted by atomic mass is 32.2. The molecule has 0 N–H and O–H groups in total. The highest BCUT2D eigenvalue weighted by Crippen LogP contribution is 2.46. The number of thiocarbonyl (C=S) groups is 1. The Hall–Kier alpha value is -2.58. The van der Waals surface area contributed by atoms with E-state index in [0.29, 0.717) is 28.7 Å². The molecule has 2 atom stereocenters. The largest absolute Gasteiger partial charge is 0.497 e. The molecule has 2 aromatic rings. The summed E-state index contributed by atoms with van der Waals surface area (Å²) in [4.78, 5) is 28.5. The summed E-state index contributed by atoms with van der Waals surface area (Å²) in [6.45, 7) is 2.08. The van der Waals surface area contributed by atoms with Crippen LogP contribution in [0.25, 0.3) is 0 Å². The van der Waals surface area contributed by atoms with Gasteiger partial charge in [-0.2, -0.15) is 0 Å². The van der Waals surface area contributed by atoms with Gasteiger partial charge < -0.3 is 14.4 Å². The molecule has 2 aliphatic rings. The number of esters is 1. The Morgan fingerprint density at radius 1 is 1.17 bits per heavy atom. The van der Waals surface area contributed by atoms with Crippen molar-refractivity contribution in [1.29, 1.82) is 0 Å². The number of benzene rings is 2. The summed E-state index contributed by atoms with van der Waals surface area (Å²) in [7, 11) is 1.63. The van der Waals surface area contributed by atoms with Crippen LogP contribution in [0.4, 0.5) is 5.69 Å². The van der Waals surface area contributed by atoms with Crippen molar-refractivity contribution >= 4 is 46.7 Å². The molecule has 8 heteroatoms. The van der Waals surface area contributed by atoms with Crippen LogP contribution in [0.15, 0.2) is 48.5 Å². The minimum absolute atomic E-state index is 0.0221. The standard InChI is InChI=1S/C21H20N2O4S2/c1-3-27-20(25)14-4-8-15(9-5-14)22-18(24)17-12-29-19(23(17)21(22)28)13-6-10-16(26-2)11-7-13/h4-11,17,19H,3,12H2,1-2H3. The van der Waals surface area contributed by atoms with Gasteiger partial charge in [-0.3, -0.25) is 9.69 Å². The molecular weight excluding hydrogens is 408 g/mol. The van der Waals surface area contributed by atoms with Crippen molar-refractivity contribution in [2.24, 2.45) is 0 Å². The number of hydrogen-bond acceptors (Lipinski definition) is 6. The summed E-state index contributed by atoms with van der Waals surface area (Å²) < 4.78 is 10.2. The molecule has 0 spiro atoms. The van der Waals surface area contributed by atoms with Crippen molar-refractivity contribution < 1.29 is 19.1 Å². The molecule has 2 saturated heterocycles. The first-order valence-corrected chi connectivity index (χ1v) is 10.7. The predicted octanol–water partition coefficient (Wildman–Crippen LogP) is 3.62. The number of rotatable bonds is 5. The number of amides is 1. The number of ether oxygens (including phenoxy) is 2. The van der Waals surface area contributed by atoms with Gasteiger partial charge in [0, 0.05) is 5.75 Å². The summed E-state index contributed by atoms with van der Waals surface area (Å²) in [6.07, 6.45) is 0. The molecule has 0 radical (unpaired) electrons. The monoisotopic (exact) mass is 428 g/mol. The van der Waals surface area contributed by atoms with Gasteiger partial charge in [0.1, 0.15) is 17.2 Å². The summed E-state index contributed by atoms with van der Waals surface area (Å²) in [5.41, 5.74) is 2.18. The number of anilines is 1. The minimum Gasteiger partial charge on any atom is -0.497 e. The second kappa shape index (κ2) is 8.04. The van der Waals surface area contributed by atoms with Gasteiger partial charge in [-0.05, 0) is 61.1 Å². The molecule has 1 amide bonds. The van der Waals surface area contributed by atoms with Crippen molar-refractivity contribution in [3.63, 3.8) is 0 Å². The van der Waals surface area contributed by atoms with E-state index in [0.717, 1.165) is 11.3 Å². The quantitative estimate of drug-likeness (QED) is 0.532. The first kappa shape index (κ1) is 19.7. The van der Waals surface area contributed by atoms with Gasteiger partial charge in [-0.25, -0.2) is 4.79 Å². The first-order valence-electron chi connectivity index (χ1n) is 9.24. The fourth-order valence-electron chi connectivity index (χ4n) is 3.51. The van der Waals surface area contributed by atoms with Gasteiger partial charge in [-0.1, -0.05) is 12.1 Å². The van der Waals surface area contributed by atoms with Crippen LogP contribution >= 0.6 is 24.0 Å². The number of carbonyl (C=O) groups excluding carboxylic acids is 2. The molecule has 0 saturated carbocycles. The number of carbonyl (C=O) groups is 2. The van der Waals surface area contributed by atoms with Crippen LogP contribution in [0, 0.1) is 0 Å². The highest BCUT2D eigenvalue weighted by Gasteiger charge is 2.50. The maximum atomic E-state index is 13.1. The molecule has 0 aromatic heterocycles. The van der Waals surface area contributed by atoms with Crippen molar-refractivity contribution in [3.8, 4) is 5.75 Å². The Balaban J connectivity index is 1.58. The maximum Gasteiger partial charge on any atom is 0.338 e. The molecule has 2 fully saturated rings. The molecule has 2 aromatic carbocycles. The molecule has 29 heavy (non-hydrogen) atoms. The number of thioether (sulfide) groups is 1. The third-order valence-electron chi connectivity index (χ3n) is 4.96. The first-order chi connectivity index (χ1) is 14.0. The van der Waals surface area contributed by atoms with Crippen LogP contribution in [0.5, 0.6) is 5.75 Å². The zero-order valence-corrected chi connectivity index (χ0v) is 17.7. The van der Waals surface area contributed by atoms with E-state index in [-0.39, 0.29) is 23.3 Å². The van der Waals surface area contributed by atoms with Gasteiger partial charge in [-0.15, -0.1) is 11.8 Å². The lowest BCUT2D eigenvalue weighted by molar-refractivity contribution is -0.119. The van der Waals surface area contributed by atoms with Crippen LogP contribution < -0.4 is 9.64 Å². The molecule has 0 bridgehead atoms. The van der Waals surface area contributed by atoms with Gasteiger partial charge in [0.2, 0.25) is 0 Å². The second-order valence-corrected chi connectivity index (χ2v) is 8.08. The van der Waals surface area contributed by atoms with Crippen molar-refractivity contribution in [2.75, 3.05) is 24.4 Å². The van der Waals surface area contributed by atoms with E-state index in [1.165, 1.54) is 0 Å². The highest BCUT2D eigenvalue weighted by molar-refractivity contribution is 7.99. The lowest BCUT2D eigenvalue weighted by atomic mass is 10.2. The molecular formula is C21H20N2O4S2. The SMILES string of the molecule is CCOC(=O)c1ccc(N2C(=O)C3CSC(c4ccc(OC)cc4)N3C2=S)cc1. The Morgan fingerprint density at radius 3 is 2.48 bits per heavy atom. The van der Waals surface area contributed by atoms with E-state index >= 15 is 0 Å². The van der Waals surface area contributed by atoms with E-state index in [4.69, 9.17) is 21.7 Å². The average molecular weight is 429 g/mol. The van der Waals surface area contributed by atoms with Crippen molar-refractivity contribution in [2.45, 2.75) is 18.3 Å². The van der Waals surface area contributed by atoms with E-state index in [1.807, 2.05) is 29.2 Å². The second-order valence-electron chi connectivity index (χ2n) is 6.61. The van der Waals surface area contributed by atoms with E-state index in [9.17, 15) is 9.59 Å². The number of nitrogens with zero attached hydrogens (tertiary/aromatic N) is 2. The Bertz CT molecular complexity index is 946. The number of hydrogen-bond donors (Lipinski definition) is 0. The topological polar surface area (TPSA) is 59.1 Å². The van der Waals surface area contributed by atoms with E-state index < -0.39 is 0 Å². The third kappa shape index (κ3) is 3.47. The van der Waals surface area contributed by atoms with Gasteiger partial charge in [0.05, 0.1) is 25.0 Å². The molecule has 2 heterocycles. The van der Waals surface area contributed by atoms with Crippen LogP contribution in [0.1, 0.15) is 28.2 Å². The average Bonchev–Trinajstić information content (AvgIpc) is 3.29. The van der Waals surface area contributed by atoms with E-state index in [2.05, 4.69) is 0 Å². The fourth-order valence-corrected chi connectivity index (χ4v) is 5.43. The molecule has 2 unspecified atom stereocenters. The van der Waals surface area contributed by atoms with Crippen molar-refractivity contribution in [3.05, 3.63) is 59.7 Å². The maximum absolute atomic E-state index is 13.1. The lowest BCUT2D eigenvalue weighted by Crippen LogP contribution is -2.33. The third-order valence-corrected chi connectivity index (χ3v) is 6.67. The van der Waals surface area contributed by atoms with Crippen LogP contribution in [-0.4, -0.2) is 47.4 Å². The van der Waals surface area contributed by atoms with Crippen LogP contribution in [-0.2, 0) is 9.53 Å². The normalized spacial score (nSPS) is 20.8. The van der Waals surface area contributed by atoms with Gasteiger partial charge in [0.25, 0.3) is 5.91 Å². The van der Waals surface area contributed by atoms with Crippen LogP contribution in [0.3, 0.4) is 0 Å². The molecule has 2 aliphatic heterocycles. The zero-order valence-electron chi connectivity index (χ0n) is 16.0. The smallest absolute Gasteiger partial charge is 0.338 e. The molecule has 4 rings (SSSR count). The fraction of sp³-hybridized carbons (Fsp3) is 0.286. The van der Waals surface area contributed by atoms with Crippen molar-refractivity contribution in [1.82, 2.24) is 4.90 Å². The Morgan fingerprint density at radius 2 is 1.86 bits per heavy atom. The molecule has 6 nitrogen and oxygen atoms in total. The Kier molecular flexibility index (Phi) is 5.47. The minimum atomic E-state index is -0.383. The van der Waals surface area contributed by atoms with E-state index in [1.54, 1.807) is 55.0 Å². The number of fused-ring (bicyclic) bond motifs is 1. The summed E-state index contributed by atoms with van der Waals surface area (Å²) in [5.74, 6) is 1.04. The summed E-state index contributed by atoms with van der Waals surface area (Å²) >= 11 is 7.40. The number of methoxy groups -OCH3 is 1. The molecule has 150 valence electrons. The summed E-state index contributed by atoms with van der Waals surface area (Å²) in [5, 5.41) is 0.459. The Labute approximate surface area is 178 Å².